The van der Waals surface area contributed by atoms with E-state index in [1.165, 1.54) is 13.8 Å². The fraction of sp³-hybridized carbons (Fsp3) is 0.760. The van der Waals surface area contributed by atoms with Crippen molar-refractivity contribution in [2.24, 2.45) is 0 Å². The highest BCUT2D eigenvalue weighted by atomic mass is 16.8. The van der Waals surface area contributed by atoms with Crippen LogP contribution in [-0.4, -0.2) is 128 Å². The van der Waals surface area contributed by atoms with E-state index in [9.17, 15) is 35.7 Å². The van der Waals surface area contributed by atoms with E-state index >= 15 is 0 Å². The van der Waals surface area contributed by atoms with Gasteiger partial charge in [-0.05, 0) is 26.3 Å². The van der Waals surface area contributed by atoms with Crippen LogP contribution in [0, 0.1) is 0 Å². The summed E-state index contributed by atoms with van der Waals surface area (Å²) in [6.45, 7) is 4.64. The first kappa shape index (κ1) is 29.7. The fourth-order valence-electron chi connectivity index (χ4n) is 4.74. The van der Waals surface area contributed by atoms with E-state index in [0.29, 0.717) is 0 Å². The van der Waals surface area contributed by atoms with E-state index in [1.807, 2.05) is 30.3 Å². The molecule has 3 aliphatic rings. The third kappa shape index (κ3) is 6.20. The molecule has 13 heteroatoms. The first-order chi connectivity index (χ1) is 18.0. The van der Waals surface area contributed by atoms with E-state index < -0.39 is 92.1 Å². The summed E-state index contributed by atoms with van der Waals surface area (Å²) in [6.07, 6.45) is -20.0. The Kier molecular flexibility index (Phi) is 9.74. The van der Waals surface area contributed by atoms with Crippen LogP contribution in [-0.2, 0) is 35.0 Å². The molecule has 7 N–H and O–H groups in total. The lowest BCUT2D eigenvalue weighted by Gasteiger charge is -2.47. The van der Waals surface area contributed by atoms with Crippen molar-refractivity contribution < 1.29 is 64.2 Å². The van der Waals surface area contributed by atoms with Crippen molar-refractivity contribution in [3.8, 4) is 0 Å². The molecule has 0 unspecified atom stereocenters. The van der Waals surface area contributed by atoms with Gasteiger partial charge in [0.15, 0.2) is 18.9 Å². The van der Waals surface area contributed by atoms with Crippen molar-refractivity contribution in [3.05, 3.63) is 35.9 Å². The SMILES string of the molecule is C[C@@H]1O[C@@H](O[C@@H]2[C@@H](O)[C@H](C)O[C@@H](O[C@H]3[C@H](OCc4ccccc4)O[C@@H](C)[C@H](O)[C@H]3O)[C@@H]2O)[C@H](O)[C@H](O)[C@H]1O. The smallest absolute Gasteiger partial charge is 0.187 e. The number of hydrogen-bond acceptors (Lipinski definition) is 13. The van der Waals surface area contributed by atoms with Gasteiger partial charge in [-0.15, -0.1) is 0 Å². The van der Waals surface area contributed by atoms with Gasteiger partial charge < -0.3 is 64.2 Å². The van der Waals surface area contributed by atoms with Gasteiger partial charge in [0.25, 0.3) is 0 Å². The molecule has 3 aliphatic heterocycles. The third-order valence-corrected chi connectivity index (χ3v) is 7.21. The summed E-state index contributed by atoms with van der Waals surface area (Å²) >= 11 is 0. The highest BCUT2D eigenvalue weighted by molar-refractivity contribution is 5.13. The maximum atomic E-state index is 11.0. The normalized spacial score (nSPS) is 48.1. The van der Waals surface area contributed by atoms with Crippen molar-refractivity contribution >= 4 is 0 Å². The number of ether oxygens (including phenoxy) is 6. The Morgan fingerprint density at radius 3 is 1.68 bits per heavy atom. The molecule has 0 bridgehead atoms. The topological polar surface area (TPSA) is 197 Å². The summed E-state index contributed by atoms with van der Waals surface area (Å²) in [5.74, 6) is 0. The van der Waals surface area contributed by atoms with Crippen LogP contribution >= 0.6 is 0 Å². The second-order valence-corrected chi connectivity index (χ2v) is 10.1. The van der Waals surface area contributed by atoms with Crippen LogP contribution < -0.4 is 0 Å². The van der Waals surface area contributed by atoms with Crippen molar-refractivity contribution in [2.75, 3.05) is 0 Å². The average Bonchev–Trinajstić information content (AvgIpc) is 2.90. The lowest BCUT2D eigenvalue weighted by Crippen LogP contribution is -2.65. The highest BCUT2D eigenvalue weighted by Gasteiger charge is 2.52. The van der Waals surface area contributed by atoms with Gasteiger partial charge in [0, 0.05) is 0 Å². The molecule has 3 heterocycles. The van der Waals surface area contributed by atoms with E-state index in [4.69, 9.17) is 28.4 Å². The lowest BCUT2D eigenvalue weighted by molar-refractivity contribution is -0.381. The average molecular weight is 547 g/mol. The summed E-state index contributed by atoms with van der Waals surface area (Å²) in [5, 5.41) is 73.2. The zero-order chi connectivity index (χ0) is 27.7. The minimum Gasteiger partial charge on any atom is -0.388 e. The Hall–Kier alpha value is -1.30. The van der Waals surface area contributed by atoms with Crippen molar-refractivity contribution in [1.82, 2.24) is 0 Å². The summed E-state index contributed by atoms with van der Waals surface area (Å²) in [6, 6.07) is 9.20. The molecule has 0 aliphatic carbocycles. The Balaban J connectivity index is 1.48. The number of hydrogen-bond donors (Lipinski definition) is 7. The molecular weight excluding hydrogens is 508 g/mol. The molecule has 0 amide bonds. The van der Waals surface area contributed by atoms with Crippen LogP contribution in [0.1, 0.15) is 26.3 Å². The Labute approximate surface area is 220 Å². The molecule has 15 atom stereocenters. The van der Waals surface area contributed by atoms with Gasteiger partial charge in [0.2, 0.25) is 0 Å². The van der Waals surface area contributed by atoms with Crippen LogP contribution in [0.5, 0.6) is 0 Å². The molecule has 1 aromatic rings. The van der Waals surface area contributed by atoms with Crippen molar-refractivity contribution in [1.29, 1.82) is 0 Å². The summed E-state index contributed by atoms with van der Waals surface area (Å²) in [5.41, 5.74) is 0.829. The molecule has 3 saturated heterocycles. The van der Waals surface area contributed by atoms with Crippen LogP contribution in [0.15, 0.2) is 30.3 Å². The fourth-order valence-corrected chi connectivity index (χ4v) is 4.74. The molecular formula is C25H38O13. The Morgan fingerprint density at radius 2 is 1.05 bits per heavy atom. The van der Waals surface area contributed by atoms with Gasteiger partial charge >= 0.3 is 0 Å². The molecule has 216 valence electrons. The van der Waals surface area contributed by atoms with Gasteiger partial charge in [0.1, 0.15) is 54.9 Å². The van der Waals surface area contributed by atoms with Gasteiger partial charge in [-0.1, -0.05) is 30.3 Å². The van der Waals surface area contributed by atoms with Crippen molar-refractivity contribution in [2.45, 2.75) is 119 Å². The summed E-state index contributed by atoms with van der Waals surface area (Å²) in [7, 11) is 0. The third-order valence-electron chi connectivity index (χ3n) is 7.21. The van der Waals surface area contributed by atoms with Crippen LogP contribution in [0.3, 0.4) is 0 Å². The molecule has 13 nitrogen and oxygen atoms in total. The number of aliphatic hydroxyl groups excluding tert-OH is 7. The Morgan fingerprint density at radius 1 is 0.553 bits per heavy atom. The van der Waals surface area contributed by atoms with Crippen LogP contribution in [0.4, 0.5) is 0 Å². The first-order valence-electron chi connectivity index (χ1n) is 12.7. The maximum absolute atomic E-state index is 11.0. The van der Waals surface area contributed by atoms with Gasteiger partial charge in [0.05, 0.1) is 24.9 Å². The Bertz CT molecular complexity index is 876. The van der Waals surface area contributed by atoms with Gasteiger partial charge in [-0.25, -0.2) is 0 Å². The maximum Gasteiger partial charge on any atom is 0.187 e. The zero-order valence-corrected chi connectivity index (χ0v) is 21.3. The molecule has 0 aromatic heterocycles. The number of benzene rings is 1. The molecule has 4 rings (SSSR count). The highest BCUT2D eigenvalue weighted by Crippen LogP contribution is 2.32. The number of rotatable bonds is 7. The second-order valence-electron chi connectivity index (χ2n) is 10.1. The molecule has 3 fully saturated rings. The minimum atomic E-state index is -1.67. The molecule has 1 aromatic carbocycles. The van der Waals surface area contributed by atoms with E-state index in [2.05, 4.69) is 0 Å². The number of aliphatic hydroxyl groups is 7. The predicted octanol–water partition coefficient (Wildman–Crippen LogP) is -2.27. The van der Waals surface area contributed by atoms with Crippen LogP contribution in [0.25, 0.3) is 0 Å². The van der Waals surface area contributed by atoms with Crippen molar-refractivity contribution in [3.63, 3.8) is 0 Å². The van der Waals surface area contributed by atoms with Crippen LogP contribution in [0.2, 0.25) is 0 Å². The van der Waals surface area contributed by atoms with E-state index in [1.54, 1.807) is 6.92 Å². The minimum absolute atomic E-state index is 0.110. The summed E-state index contributed by atoms with van der Waals surface area (Å²) in [4.78, 5) is 0. The standard InChI is InChI=1S/C25H38O13/c1-10-14(26)17(29)19(31)23(34-10)37-21-16(28)12(3)35-24(20(21)32)38-22-18(30)15(27)11(2)36-25(22)33-9-13-7-5-4-6-8-13/h4-8,10-12,14-32H,9H2,1-3H3/t10-,11-,12-,14-,15-,16-,17+,18+,19+,20+,21+,22+,23-,24-,25+/m0/s1. The van der Waals surface area contributed by atoms with E-state index in [0.717, 1.165) is 5.56 Å². The largest absolute Gasteiger partial charge is 0.388 e. The molecule has 0 spiro atoms. The monoisotopic (exact) mass is 546 g/mol. The summed E-state index contributed by atoms with van der Waals surface area (Å²) < 4.78 is 34.2. The van der Waals surface area contributed by atoms with E-state index in [-0.39, 0.29) is 6.61 Å². The molecule has 0 saturated carbocycles. The van der Waals surface area contributed by atoms with Gasteiger partial charge in [-0.3, -0.25) is 0 Å². The zero-order valence-electron chi connectivity index (χ0n) is 21.3. The first-order valence-corrected chi connectivity index (χ1v) is 12.7. The van der Waals surface area contributed by atoms with Gasteiger partial charge in [-0.2, -0.15) is 0 Å². The second kappa shape index (κ2) is 12.5. The lowest BCUT2D eigenvalue weighted by atomic mass is 9.97. The quantitative estimate of drug-likeness (QED) is 0.194. The predicted molar refractivity (Wildman–Crippen MR) is 126 cm³/mol. The molecule has 38 heavy (non-hydrogen) atoms. The molecule has 0 radical (unpaired) electrons.